The molecule has 0 aliphatic rings. The van der Waals surface area contributed by atoms with E-state index in [4.69, 9.17) is 16.0 Å². The number of nitrogens with zero attached hydrogens (tertiary/aromatic N) is 3. The smallest absolute Gasteiger partial charge is 0.420 e. The van der Waals surface area contributed by atoms with Crippen molar-refractivity contribution in [3.63, 3.8) is 0 Å². The topological polar surface area (TPSA) is 88.2 Å². The molecule has 0 aliphatic heterocycles. The molecule has 0 radical (unpaired) electrons. The number of aromatic nitrogens is 4. The van der Waals surface area contributed by atoms with Crippen LogP contribution in [-0.4, -0.2) is 25.3 Å². The lowest BCUT2D eigenvalue weighted by Gasteiger charge is -2.10. The molecule has 0 aliphatic carbocycles. The van der Waals surface area contributed by atoms with Gasteiger partial charge in [0.25, 0.3) is 5.91 Å². The highest BCUT2D eigenvalue weighted by atomic mass is 35.5. The first-order valence-electron chi connectivity index (χ1n) is 8.37. The van der Waals surface area contributed by atoms with E-state index in [1.165, 1.54) is 31.1 Å². The molecule has 11 heteroatoms. The monoisotopic (exact) mass is 423 g/mol. The van der Waals surface area contributed by atoms with Crippen molar-refractivity contribution < 1.29 is 22.4 Å². The zero-order valence-electron chi connectivity index (χ0n) is 14.8. The SMILES string of the molecule is CC(NC(=O)c1nc2c(C(F)(F)F)cc(-c3ccco3)cn2c1Cl)c1cnc[nH]1. The normalized spacial score (nSPS) is 13.0. The number of nitrogens with one attached hydrogen (secondary N) is 2. The van der Waals surface area contributed by atoms with E-state index in [-0.39, 0.29) is 22.2 Å². The fourth-order valence-electron chi connectivity index (χ4n) is 2.89. The van der Waals surface area contributed by atoms with Gasteiger partial charge in [-0.3, -0.25) is 9.20 Å². The van der Waals surface area contributed by atoms with Crippen molar-refractivity contribution in [3.05, 3.63) is 65.3 Å². The second-order valence-corrected chi connectivity index (χ2v) is 6.62. The third kappa shape index (κ3) is 3.46. The first-order valence-corrected chi connectivity index (χ1v) is 8.75. The molecule has 4 aromatic rings. The number of hydrogen-bond donors (Lipinski definition) is 2. The Balaban J connectivity index is 1.80. The second-order valence-electron chi connectivity index (χ2n) is 6.26. The van der Waals surface area contributed by atoms with Gasteiger partial charge in [-0.15, -0.1) is 0 Å². The van der Waals surface area contributed by atoms with E-state index in [0.717, 1.165) is 10.5 Å². The number of pyridine rings is 1. The van der Waals surface area contributed by atoms with Crippen molar-refractivity contribution in [2.75, 3.05) is 0 Å². The van der Waals surface area contributed by atoms with Gasteiger partial charge in [0.1, 0.15) is 10.9 Å². The summed E-state index contributed by atoms with van der Waals surface area (Å²) >= 11 is 6.24. The van der Waals surface area contributed by atoms with Gasteiger partial charge in [0, 0.05) is 11.8 Å². The van der Waals surface area contributed by atoms with Gasteiger partial charge in [0.15, 0.2) is 11.3 Å². The maximum atomic E-state index is 13.6. The maximum absolute atomic E-state index is 13.6. The number of aromatic amines is 1. The van der Waals surface area contributed by atoms with Crippen LogP contribution in [0.15, 0.2) is 47.6 Å². The van der Waals surface area contributed by atoms with Gasteiger partial charge in [0.2, 0.25) is 0 Å². The fourth-order valence-corrected chi connectivity index (χ4v) is 3.15. The molecule has 0 saturated heterocycles. The molecule has 1 unspecified atom stereocenters. The van der Waals surface area contributed by atoms with Crippen LogP contribution in [0.5, 0.6) is 0 Å². The van der Waals surface area contributed by atoms with E-state index in [1.807, 2.05) is 0 Å². The van der Waals surface area contributed by atoms with Gasteiger partial charge in [-0.2, -0.15) is 13.2 Å². The summed E-state index contributed by atoms with van der Waals surface area (Å²) in [7, 11) is 0. The molecule has 4 rings (SSSR count). The molecule has 150 valence electrons. The predicted octanol–water partition coefficient (Wildman–Crippen LogP) is 4.48. The minimum absolute atomic E-state index is 0.145. The third-order valence-corrected chi connectivity index (χ3v) is 4.68. The van der Waals surface area contributed by atoms with Gasteiger partial charge in [0.05, 0.1) is 36.1 Å². The molecule has 0 bridgehead atoms. The van der Waals surface area contributed by atoms with Crippen molar-refractivity contribution in [3.8, 4) is 11.3 Å². The van der Waals surface area contributed by atoms with Gasteiger partial charge in [-0.05, 0) is 25.1 Å². The molecule has 2 N–H and O–H groups in total. The van der Waals surface area contributed by atoms with Crippen LogP contribution in [-0.2, 0) is 6.18 Å². The summed E-state index contributed by atoms with van der Waals surface area (Å²) in [5.74, 6) is -0.491. The van der Waals surface area contributed by atoms with E-state index in [2.05, 4.69) is 20.3 Å². The number of imidazole rings is 2. The molecule has 1 atom stereocenters. The number of furan rings is 1. The number of alkyl halides is 3. The Morgan fingerprint density at radius 1 is 1.41 bits per heavy atom. The first kappa shape index (κ1) is 19.1. The highest BCUT2D eigenvalue weighted by Gasteiger charge is 2.36. The van der Waals surface area contributed by atoms with Crippen LogP contribution in [0.2, 0.25) is 5.15 Å². The molecule has 0 saturated carbocycles. The lowest BCUT2D eigenvalue weighted by molar-refractivity contribution is -0.136. The Morgan fingerprint density at radius 2 is 2.21 bits per heavy atom. The van der Waals surface area contributed by atoms with E-state index in [1.54, 1.807) is 13.0 Å². The van der Waals surface area contributed by atoms with Crippen LogP contribution in [0.25, 0.3) is 17.0 Å². The minimum atomic E-state index is -4.71. The largest absolute Gasteiger partial charge is 0.464 e. The maximum Gasteiger partial charge on any atom is 0.420 e. The predicted molar refractivity (Wildman–Crippen MR) is 97.4 cm³/mol. The van der Waals surface area contributed by atoms with Crippen LogP contribution in [0, 0.1) is 0 Å². The van der Waals surface area contributed by atoms with E-state index >= 15 is 0 Å². The molecule has 4 heterocycles. The van der Waals surface area contributed by atoms with Crippen molar-refractivity contribution in [2.45, 2.75) is 19.1 Å². The average Bonchev–Trinajstić information content (AvgIpc) is 3.42. The van der Waals surface area contributed by atoms with Gasteiger partial charge in [-0.1, -0.05) is 11.6 Å². The van der Waals surface area contributed by atoms with E-state index in [0.29, 0.717) is 5.69 Å². The lowest BCUT2D eigenvalue weighted by atomic mass is 10.1. The number of H-pyrrole nitrogens is 1. The Labute approximate surface area is 166 Å². The number of rotatable bonds is 4. The van der Waals surface area contributed by atoms with Crippen molar-refractivity contribution in [1.29, 1.82) is 0 Å². The summed E-state index contributed by atoms with van der Waals surface area (Å²) in [6, 6.07) is 3.50. The quantitative estimate of drug-likeness (QED) is 0.506. The summed E-state index contributed by atoms with van der Waals surface area (Å²) in [5.41, 5.74) is -1.06. The highest BCUT2D eigenvalue weighted by Crippen LogP contribution is 2.37. The molecule has 0 aromatic carbocycles. The molecule has 0 spiro atoms. The number of carbonyl (C=O) groups excluding carboxylic acids is 1. The Morgan fingerprint density at radius 3 is 2.83 bits per heavy atom. The summed E-state index contributed by atoms with van der Waals surface area (Å²) < 4.78 is 47.1. The van der Waals surface area contributed by atoms with Crippen LogP contribution in [0.1, 0.15) is 34.7 Å². The van der Waals surface area contributed by atoms with Crippen molar-refractivity contribution in [2.24, 2.45) is 0 Å². The van der Waals surface area contributed by atoms with Crippen LogP contribution >= 0.6 is 11.6 Å². The minimum Gasteiger partial charge on any atom is -0.464 e. The Bertz CT molecular complexity index is 1170. The summed E-state index contributed by atoms with van der Waals surface area (Å²) in [6.07, 6.45) is 0.941. The molecule has 7 nitrogen and oxygen atoms in total. The zero-order chi connectivity index (χ0) is 20.8. The summed E-state index contributed by atoms with van der Waals surface area (Å²) in [6.45, 7) is 1.69. The highest BCUT2D eigenvalue weighted by molar-refractivity contribution is 6.33. The Kier molecular flexibility index (Phi) is 4.58. The number of halogens is 4. The third-order valence-electron chi connectivity index (χ3n) is 4.32. The van der Waals surface area contributed by atoms with Gasteiger partial charge >= 0.3 is 6.18 Å². The Hall–Kier alpha value is -3.27. The molecule has 29 heavy (non-hydrogen) atoms. The van der Waals surface area contributed by atoms with Gasteiger partial charge in [-0.25, -0.2) is 9.97 Å². The zero-order valence-corrected chi connectivity index (χ0v) is 15.5. The molecule has 0 fully saturated rings. The van der Waals surface area contributed by atoms with E-state index < -0.39 is 29.3 Å². The van der Waals surface area contributed by atoms with Crippen LogP contribution in [0.3, 0.4) is 0 Å². The number of amides is 1. The number of hydrogen-bond acceptors (Lipinski definition) is 4. The molecule has 4 aromatic heterocycles. The van der Waals surface area contributed by atoms with E-state index in [9.17, 15) is 18.0 Å². The molecular formula is C18H13ClF3N5O2. The molecular weight excluding hydrogens is 411 g/mol. The summed E-state index contributed by atoms with van der Waals surface area (Å²) in [5, 5.41) is 2.39. The number of fused-ring (bicyclic) bond motifs is 1. The van der Waals surface area contributed by atoms with Crippen molar-refractivity contribution >= 4 is 23.2 Å². The van der Waals surface area contributed by atoms with Crippen LogP contribution < -0.4 is 5.32 Å². The second kappa shape index (κ2) is 6.96. The molecule has 1 amide bonds. The first-order chi connectivity index (χ1) is 13.8. The van der Waals surface area contributed by atoms with Crippen LogP contribution in [0.4, 0.5) is 13.2 Å². The average molecular weight is 424 g/mol. The fraction of sp³-hybridized carbons (Fsp3) is 0.167. The van der Waals surface area contributed by atoms with Crippen molar-refractivity contribution in [1.82, 2.24) is 24.7 Å². The van der Waals surface area contributed by atoms with Gasteiger partial charge < -0.3 is 14.7 Å². The standard InChI is InChI=1S/C18H13ClF3N5O2/c1-9(12-6-23-8-24-12)25-17(28)14-15(19)27-7-10(13-3-2-4-29-13)5-11(16(27)26-14)18(20,21)22/h2-9H,1H3,(H,23,24)(H,25,28). The summed E-state index contributed by atoms with van der Waals surface area (Å²) in [4.78, 5) is 23.2. The lowest BCUT2D eigenvalue weighted by Crippen LogP contribution is -2.27. The number of carbonyl (C=O) groups is 1.